The molecule has 11 nitrogen and oxygen atoms in total. The quantitative estimate of drug-likeness (QED) is 0.260. The van der Waals surface area contributed by atoms with Gasteiger partial charge in [0.25, 0.3) is 0 Å². The number of fused-ring (bicyclic) bond motifs is 1. The third-order valence-electron chi connectivity index (χ3n) is 4.22. The molecule has 14 heteroatoms. The molecule has 2 heterocycles. The van der Waals surface area contributed by atoms with Crippen LogP contribution in [0.25, 0.3) is 0 Å². The first-order valence-corrected chi connectivity index (χ1v) is 10.1. The molecule has 31 heavy (non-hydrogen) atoms. The molecule has 2 N–H and O–H groups in total. The van der Waals surface area contributed by atoms with Gasteiger partial charge in [-0.3, -0.25) is 5.32 Å². The molecule has 1 aliphatic rings. The van der Waals surface area contributed by atoms with Gasteiger partial charge in [0.1, 0.15) is 32.1 Å². The zero-order valence-electron chi connectivity index (χ0n) is 16.1. The Labute approximate surface area is 191 Å². The van der Waals surface area contributed by atoms with E-state index >= 15 is 0 Å². The van der Waals surface area contributed by atoms with Crippen LogP contribution in [0.4, 0.5) is 10.6 Å². The van der Waals surface area contributed by atoms with Gasteiger partial charge in [0.2, 0.25) is 3.79 Å². The van der Waals surface area contributed by atoms with Crippen molar-refractivity contribution in [1.82, 2.24) is 20.2 Å². The molecule has 2 atom stereocenters. The van der Waals surface area contributed by atoms with E-state index in [4.69, 9.17) is 49.0 Å². The summed E-state index contributed by atoms with van der Waals surface area (Å²) in [7, 11) is 0. The first kappa shape index (κ1) is 23.2. The van der Waals surface area contributed by atoms with E-state index in [0.29, 0.717) is 17.3 Å². The summed E-state index contributed by atoms with van der Waals surface area (Å²) in [5.74, 6) is 1.26. The molecular formula is C17H18Cl3N5O6. The van der Waals surface area contributed by atoms with Crippen molar-refractivity contribution in [2.75, 3.05) is 13.2 Å². The second-order valence-corrected chi connectivity index (χ2v) is 8.73. The van der Waals surface area contributed by atoms with Crippen molar-refractivity contribution in [1.29, 1.82) is 0 Å². The number of aryl methyl sites for hydroxylation is 1. The molecule has 168 valence electrons. The highest BCUT2D eigenvalue weighted by Crippen LogP contribution is 2.32. The van der Waals surface area contributed by atoms with Gasteiger partial charge in [-0.1, -0.05) is 46.9 Å². The van der Waals surface area contributed by atoms with Crippen LogP contribution >= 0.6 is 34.8 Å². The van der Waals surface area contributed by atoms with Crippen LogP contribution in [0, 0.1) is 17.0 Å². The van der Waals surface area contributed by atoms with Gasteiger partial charge in [-0.2, -0.15) is 0 Å². The van der Waals surface area contributed by atoms with Gasteiger partial charge < -0.3 is 29.6 Å². The summed E-state index contributed by atoms with van der Waals surface area (Å²) in [5, 5.41) is 16.2. The summed E-state index contributed by atoms with van der Waals surface area (Å²) >= 11 is 17.9. The van der Waals surface area contributed by atoms with Crippen molar-refractivity contribution >= 4 is 46.7 Å². The number of aromatic nitrogens is 2. The third-order valence-corrected chi connectivity index (χ3v) is 4.87. The van der Waals surface area contributed by atoms with E-state index in [9.17, 15) is 14.9 Å². The van der Waals surface area contributed by atoms with E-state index < -0.39 is 27.2 Å². The van der Waals surface area contributed by atoms with Gasteiger partial charge in [0.05, 0.1) is 0 Å². The van der Waals surface area contributed by atoms with E-state index in [1.807, 2.05) is 0 Å². The lowest BCUT2D eigenvalue weighted by molar-refractivity contribution is -0.392. The minimum Gasteiger partial charge on any atom is -0.484 e. The fraction of sp³-hybridized carbons (Fsp3) is 0.412. The second kappa shape index (κ2) is 9.77. The highest BCUT2D eigenvalue weighted by Gasteiger charge is 2.37. The number of amides is 1. The fourth-order valence-electron chi connectivity index (χ4n) is 2.77. The number of imidazole rings is 1. The van der Waals surface area contributed by atoms with Gasteiger partial charge in [0.15, 0.2) is 23.6 Å². The second-order valence-electron chi connectivity index (χ2n) is 6.36. The smallest absolute Gasteiger partial charge is 0.408 e. The van der Waals surface area contributed by atoms with E-state index in [2.05, 4.69) is 15.6 Å². The number of carbonyl (C=O) groups is 1. The average Bonchev–Trinajstić information content (AvgIpc) is 3.07. The molecule has 0 saturated carbocycles. The van der Waals surface area contributed by atoms with Gasteiger partial charge in [-0.15, -0.1) is 0 Å². The minimum atomic E-state index is -1.95. The van der Waals surface area contributed by atoms with Gasteiger partial charge in [-0.25, -0.2) is 14.3 Å². The first-order valence-electron chi connectivity index (χ1n) is 8.96. The van der Waals surface area contributed by atoms with Crippen LogP contribution in [0.15, 0.2) is 30.5 Å². The molecule has 1 aliphatic heterocycles. The standard InChI is InChI=1S/C17H18Cl3N5O6/c1-10-21-8-14(25(27)28)24(10)6-7-29-16(26)23-15(17(18,19)20)22-13-9-30-11-4-2-3-5-12(11)31-13/h2-5,8,13,15,22H,6-7,9H2,1H3,(H,23,26). The number of halogens is 3. The molecule has 0 saturated heterocycles. The SMILES string of the molecule is Cc1ncc([N+](=O)[O-])n1CCOC(=O)NC(NC1COc2ccccc2O1)C(Cl)(Cl)Cl. The Kier molecular flexibility index (Phi) is 7.31. The van der Waals surface area contributed by atoms with E-state index in [-0.39, 0.29) is 25.6 Å². The van der Waals surface area contributed by atoms with Crippen molar-refractivity contribution < 1.29 is 23.9 Å². The van der Waals surface area contributed by atoms with Crippen molar-refractivity contribution in [3.8, 4) is 11.5 Å². The van der Waals surface area contributed by atoms with Gasteiger partial charge >= 0.3 is 11.9 Å². The zero-order chi connectivity index (χ0) is 22.6. The summed E-state index contributed by atoms with van der Waals surface area (Å²) in [4.78, 5) is 26.5. The summed E-state index contributed by atoms with van der Waals surface area (Å²) in [6.07, 6.45) is -1.68. The number of para-hydroxylation sites is 2. The maximum absolute atomic E-state index is 12.2. The average molecular weight is 495 g/mol. The molecule has 2 unspecified atom stereocenters. The molecule has 0 bridgehead atoms. The Hall–Kier alpha value is -2.47. The molecule has 0 aliphatic carbocycles. The third kappa shape index (κ3) is 6.03. The lowest BCUT2D eigenvalue weighted by Gasteiger charge is -2.33. The number of rotatable bonds is 7. The lowest BCUT2D eigenvalue weighted by Crippen LogP contribution is -2.59. The number of hydrogen-bond donors (Lipinski definition) is 2. The van der Waals surface area contributed by atoms with Crippen LogP contribution in [0.2, 0.25) is 0 Å². The van der Waals surface area contributed by atoms with Crippen molar-refractivity contribution in [3.63, 3.8) is 0 Å². The molecule has 0 spiro atoms. The fourth-order valence-corrected chi connectivity index (χ4v) is 3.13. The van der Waals surface area contributed by atoms with E-state index in [0.717, 1.165) is 6.20 Å². The highest BCUT2D eigenvalue weighted by molar-refractivity contribution is 6.68. The number of nitrogens with zero attached hydrogens (tertiary/aromatic N) is 3. The molecule has 1 amide bonds. The van der Waals surface area contributed by atoms with Crippen LogP contribution in [0.3, 0.4) is 0 Å². The predicted octanol–water partition coefficient (Wildman–Crippen LogP) is 2.91. The molecule has 1 aromatic heterocycles. The van der Waals surface area contributed by atoms with Crippen LogP contribution in [0.5, 0.6) is 11.5 Å². The topological polar surface area (TPSA) is 130 Å². The van der Waals surface area contributed by atoms with Crippen molar-refractivity contribution in [3.05, 3.63) is 46.4 Å². The Morgan fingerprint density at radius 3 is 2.81 bits per heavy atom. The number of alkyl halides is 3. The minimum absolute atomic E-state index is 0.0256. The Morgan fingerprint density at radius 1 is 1.42 bits per heavy atom. The number of nitrogens with one attached hydrogen (secondary N) is 2. The van der Waals surface area contributed by atoms with Crippen LogP contribution < -0.4 is 20.1 Å². The van der Waals surface area contributed by atoms with Gasteiger partial charge in [-0.05, 0) is 17.1 Å². The maximum Gasteiger partial charge on any atom is 0.408 e. The Balaban J connectivity index is 1.55. The number of nitro groups is 1. The van der Waals surface area contributed by atoms with Crippen molar-refractivity contribution in [2.45, 2.75) is 29.7 Å². The highest BCUT2D eigenvalue weighted by atomic mass is 35.6. The number of alkyl carbamates (subject to hydrolysis) is 1. The summed E-state index contributed by atoms with van der Waals surface area (Å²) < 4.78 is 15.7. The summed E-state index contributed by atoms with van der Waals surface area (Å²) in [5.41, 5.74) is 0. The summed E-state index contributed by atoms with van der Waals surface area (Å²) in [6, 6.07) is 7.04. The predicted molar refractivity (Wildman–Crippen MR) is 112 cm³/mol. The molecule has 2 aromatic rings. The molecule has 1 aromatic carbocycles. The molecular weight excluding hydrogens is 477 g/mol. The molecule has 0 fully saturated rings. The van der Waals surface area contributed by atoms with Crippen LogP contribution in [0.1, 0.15) is 5.82 Å². The van der Waals surface area contributed by atoms with E-state index in [1.165, 1.54) is 4.57 Å². The lowest BCUT2D eigenvalue weighted by atomic mass is 10.3. The molecule has 3 rings (SSSR count). The largest absolute Gasteiger partial charge is 0.484 e. The monoisotopic (exact) mass is 493 g/mol. The number of hydrogen-bond acceptors (Lipinski definition) is 8. The Bertz CT molecular complexity index is 951. The molecule has 0 radical (unpaired) electrons. The van der Waals surface area contributed by atoms with Crippen molar-refractivity contribution in [2.24, 2.45) is 0 Å². The normalized spacial score (nSPS) is 16.5. The Morgan fingerprint density at radius 2 is 2.13 bits per heavy atom. The zero-order valence-corrected chi connectivity index (χ0v) is 18.4. The van der Waals surface area contributed by atoms with Crippen LogP contribution in [-0.4, -0.2) is 50.0 Å². The maximum atomic E-state index is 12.2. The van der Waals surface area contributed by atoms with E-state index in [1.54, 1.807) is 31.2 Å². The first-order chi connectivity index (χ1) is 14.6. The number of ether oxygens (including phenoxy) is 3. The number of carbonyl (C=O) groups excluding carboxylic acids is 1. The van der Waals surface area contributed by atoms with Crippen LogP contribution in [-0.2, 0) is 11.3 Å². The summed E-state index contributed by atoms with van der Waals surface area (Å²) in [6.45, 7) is 1.56. The van der Waals surface area contributed by atoms with Gasteiger partial charge in [0, 0.05) is 6.92 Å². The number of benzene rings is 1.